The van der Waals surface area contributed by atoms with E-state index in [1.54, 1.807) is 11.8 Å². The van der Waals surface area contributed by atoms with E-state index < -0.39 is 23.3 Å². The topological polar surface area (TPSA) is 75.7 Å². The molecule has 116 valence electrons. The summed E-state index contributed by atoms with van der Waals surface area (Å²) in [5.41, 5.74) is -0.256. The maximum absolute atomic E-state index is 12.3. The van der Waals surface area contributed by atoms with Crippen molar-refractivity contribution in [1.82, 2.24) is 5.32 Å². The van der Waals surface area contributed by atoms with Gasteiger partial charge >= 0.3 is 5.97 Å². The molecule has 2 fully saturated rings. The van der Waals surface area contributed by atoms with Gasteiger partial charge in [0.2, 0.25) is 5.91 Å². The number of esters is 1. The number of nitrogens with zero attached hydrogens (tertiary/aromatic N) is 1. The van der Waals surface area contributed by atoms with Gasteiger partial charge in [-0.1, -0.05) is 18.2 Å². The molecule has 1 aliphatic carbocycles. The van der Waals surface area contributed by atoms with E-state index in [1.807, 2.05) is 30.3 Å². The number of anilines is 1. The van der Waals surface area contributed by atoms with Crippen molar-refractivity contribution in [2.75, 3.05) is 18.1 Å². The Balaban J connectivity index is 1.59. The molecule has 2 amide bonds. The van der Waals surface area contributed by atoms with Gasteiger partial charge in [0.05, 0.1) is 13.2 Å². The van der Waals surface area contributed by atoms with Gasteiger partial charge in [-0.25, -0.2) is 0 Å². The molecule has 3 rings (SSSR count). The normalized spacial score (nSPS) is 21.8. The van der Waals surface area contributed by atoms with Gasteiger partial charge in [0.25, 0.3) is 5.91 Å². The highest BCUT2D eigenvalue weighted by atomic mass is 16.5. The average molecular weight is 302 g/mol. The predicted molar refractivity (Wildman–Crippen MR) is 79.0 cm³/mol. The highest BCUT2D eigenvalue weighted by Crippen LogP contribution is 2.47. The summed E-state index contributed by atoms with van der Waals surface area (Å²) in [6.07, 6.45) is 0.974. The molecule has 1 aromatic carbocycles. The maximum atomic E-state index is 12.3. The Kier molecular flexibility index (Phi) is 3.60. The predicted octanol–water partition coefficient (Wildman–Crippen LogP) is 0.861. The molecule has 0 radical (unpaired) electrons. The van der Waals surface area contributed by atoms with E-state index in [0.29, 0.717) is 19.4 Å². The molecule has 1 atom stereocenters. The van der Waals surface area contributed by atoms with E-state index in [-0.39, 0.29) is 12.5 Å². The number of benzene rings is 1. The van der Waals surface area contributed by atoms with Gasteiger partial charge in [-0.15, -0.1) is 0 Å². The van der Waals surface area contributed by atoms with Crippen LogP contribution >= 0.6 is 0 Å². The SMILES string of the molecule is CCOC(=O)C1(C(=O)N[C@H]2CN(c3ccccc3)C2=O)CC1. The zero-order chi connectivity index (χ0) is 15.7. The summed E-state index contributed by atoms with van der Waals surface area (Å²) >= 11 is 0. The number of nitrogens with one attached hydrogen (secondary N) is 1. The lowest BCUT2D eigenvalue weighted by molar-refractivity contribution is -0.155. The number of hydrogen-bond donors (Lipinski definition) is 1. The zero-order valence-corrected chi connectivity index (χ0v) is 12.4. The second-order valence-electron chi connectivity index (χ2n) is 5.61. The fourth-order valence-corrected chi connectivity index (χ4v) is 2.59. The van der Waals surface area contributed by atoms with Gasteiger partial charge in [0, 0.05) is 5.69 Å². The summed E-state index contributed by atoms with van der Waals surface area (Å²) in [5.74, 6) is -1.03. The molecule has 6 nitrogen and oxygen atoms in total. The highest BCUT2D eigenvalue weighted by molar-refractivity contribution is 6.10. The Hall–Kier alpha value is -2.37. The molecule has 0 spiro atoms. The van der Waals surface area contributed by atoms with Gasteiger partial charge in [-0.05, 0) is 31.9 Å². The zero-order valence-electron chi connectivity index (χ0n) is 12.4. The molecule has 1 saturated heterocycles. The first-order chi connectivity index (χ1) is 10.6. The molecule has 1 aromatic rings. The summed E-state index contributed by atoms with van der Waals surface area (Å²) < 4.78 is 4.95. The quantitative estimate of drug-likeness (QED) is 0.497. The molecule has 2 aliphatic rings. The minimum absolute atomic E-state index is 0.154. The largest absolute Gasteiger partial charge is 0.465 e. The maximum Gasteiger partial charge on any atom is 0.321 e. The van der Waals surface area contributed by atoms with Crippen molar-refractivity contribution in [3.05, 3.63) is 30.3 Å². The minimum Gasteiger partial charge on any atom is -0.465 e. The third-order valence-electron chi connectivity index (χ3n) is 4.15. The standard InChI is InChI=1S/C16H18N2O4/c1-2-22-15(21)16(8-9-16)14(20)17-12-10-18(13(12)19)11-6-4-3-5-7-11/h3-7,12H,2,8-10H2,1H3,(H,17,20)/t12-/m0/s1. The summed E-state index contributed by atoms with van der Waals surface area (Å²) in [5, 5.41) is 2.68. The molecule has 1 N–H and O–H groups in total. The molecule has 0 bridgehead atoms. The van der Waals surface area contributed by atoms with E-state index in [9.17, 15) is 14.4 Å². The molecule has 22 heavy (non-hydrogen) atoms. The Morgan fingerprint density at radius 1 is 1.32 bits per heavy atom. The first-order valence-corrected chi connectivity index (χ1v) is 7.43. The van der Waals surface area contributed by atoms with Crippen LogP contribution < -0.4 is 10.2 Å². The molecule has 1 heterocycles. The monoisotopic (exact) mass is 302 g/mol. The van der Waals surface area contributed by atoms with E-state index >= 15 is 0 Å². The van der Waals surface area contributed by atoms with Crippen molar-refractivity contribution in [3.63, 3.8) is 0 Å². The van der Waals surface area contributed by atoms with Crippen LogP contribution in [0.2, 0.25) is 0 Å². The van der Waals surface area contributed by atoms with Crippen molar-refractivity contribution in [3.8, 4) is 0 Å². The van der Waals surface area contributed by atoms with Gasteiger partial charge in [-0.3, -0.25) is 14.4 Å². The van der Waals surface area contributed by atoms with E-state index in [2.05, 4.69) is 5.32 Å². The minimum atomic E-state index is -1.07. The molecule has 6 heteroatoms. The van der Waals surface area contributed by atoms with Crippen LogP contribution in [0.5, 0.6) is 0 Å². The van der Waals surface area contributed by atoms with E-state index in [1.165, 1.54) is 0 Å². The average Bonchev–Trinajstić information content (AvgIpc) is 3.33. The van der Waals surface area contributed by atoms with E-state index in [0.717, 1.165) is 5.69 Å². The second kappa shape index (κ2) is 5.44. The van der Waals surface area contributed by atoms with Crippen LogP contribution in [0.3, 0.4) is 0 Å². The number of carbonyl (C=O) groups excluding carboxylic acids is 3. The van der Waals surface area contributed by atoms with Crippen LogP contribution in [0.1, 0.15) is 19.8 Å². The number of rotatable bonds is 5. The van der Waals surface area contributed by atoms with Gasteiger partial charge in [0.15, 0.2) is 0 Å². The summed E-state index contributed by atoms with van der Waals surface area (Å²) in [6, 6.07) is 8.72. The number of carbonyl (C=O) groups is 3. The third kappa shape index (κ3) is 2.34. The van der Waals surface area contributed by atoms with Gasteiger partial charge in [0.1, 0.15) is 11.5 Å². The van der Waals surface area contributed by atoms with Crippen molar-refractivity contribution in [2.45, 2.75) is 25.8 Å². The Morgan fingerprint density at radius 2 is 2.00 bits per heavy atom. The third-order valence-corrected chi connectivity index (χ3v) is 4.15. The number of amides is 2. The summed E-state index contributed by atoms with van der Waals surface area (Å²) in [7, 11) is 0. The fourth-order valence-electron chi connectivity index (χ4n) is 2.59. The lowest BCUT2D eigenvalue weighted by Gasteiger charge is -2.39. The second-order valence-corrected chi connectivity index (χ2v) is 5.61. The smallest absolute Gasteiger partial charge is 0.321 e. The molecular formula is C16H18N2O4. The van der Waals surface area contributed by atoms with Gasteiger partial charge in [-0.2, -0.15) is 0 Å². The number of β-lactam (4-membered cyclic amide) rings is 1. The van der Waals surface area contributed by atoms with E-state index in [4.69, 9.17) is 4.74 Å². The fraction of sp³-hybridized carbons (Fsp3) is 0.438. The van der Waals surface area contributed by atoms with Crippen molar-refractivity contribution < 1.29 is 19.1 Å². The number of para-hydroxylation sites is 1. The van der Waals surface area contributed by atoms with Crippen LogP contribution in [-0.4, -0.2) is 37.0 Å². The summed E-state index contributed by atoms with van der Waals surface area (Å²) in [6.45, 7) is 2.38. The highest BCUT2D eigenvalue weighted by Gasteiger charge is 2.59. The Bertz CT molecular complexity index is 610. The van der Waals surface area contributed by atoms with Crippen LogP contribution in [-0.2, 0) is 19.1 Å². The van der Waals surface area contributed by atoms with Crippen molar-refractivity contribution in [1.29, 1.82) is 0 Å². The molecular weight excluding hydrogens is 284 g/mol. The lowest BCUT2D eigenvalue weighted by atomic mass is 10.0. The molecule has 0 aromatic heterocycles. The molecule has 1 aliphatic heterocycles. The van der Waals surface area contributed by atoms with Gasteiger partial charge < -0.3 is 15.0 Å². The van der Waals surface area contributed by atoms with Crippen LogP contribution in [0.25, 0.3) is 0 Å². The Labute approximate surface area is 128 Å². The first-order valence-electron chi connectivity index (χ1n) is 7.43. The Morgan fingerprint density at radius 3 is 2.55 bits per heavy atom. The van der Waals surface area contributed by atoms with Crippen molar-refractivity contribution in [2.24, 2.45) is 5.41 Å². The van der Waals surface area contributed by atoms with Crippen LogP contribution in [0.4, 0.5) is 5.69 Å². The number of ether oxygens (including phenoxy) is 1. The molecule has 0 unspecified atom stereocenters. The number of hydrogen-bond acceptors (Lipinski definition) is 4. The van der Waals surface area contributed by atoms with Crippen LogP contribution in [0.15, 0.2) is 30.3 Å². The van der Waals surface area contributed by atoms with Crippen molar-refractivity contribution >= 4 is 23.5 Å². The molecule has 1 saturated carbocycles. The summed E-state index contributed by atoms with van der Waals surface area (Å²) in [4.78, 5) is 37.8. The first kappa shape index (κ1) is 14.6. The van der Waals surface area contributed by atoms with Crippen LogP contribution in [0, 0.1) is 5.41 Å². The lowest BCUT2D eigenvalue weighted by Crippen LogP contribution is -2.65.